The lowest BCUT2D eigenvalue weighted by atomic mass is 10.1. The van der Waals surface area contributed by atoms with Crippen LogP contribution in [0.15, 0.2) is 120 Å². The van der Waals surface area contributed by atoms with Crippen LogP contribution in [0.2, 0.25) is 0 Å². The van der Waals surface area contributed by atoms with Gasteiger partial charge in [0, 0.05) is 53.5 Å². The van der Waals surface area contributed by atoms with Crippen molar-refractivity contribution in [2.45, 2.75) is 0 Å². The Balaban J connectivity index is 0.000000125. The highest BCUT2D eigenvalue weighted by atomic mass is 19.1. The van der Waals surface area contributed by atoms with Crippen molar-refractivity contribution in [3.05, 3.63) is 137 Å². The van der Waals surface area contributed by atoms with E-state index in [9.17, 15) is 14.0 Å². The average molecular weight is 720 g/mol. The van der Waals surface area contributed by atoms with Gasteiger partial charge in [0.1, 0.15) is 35.5 Å². The number of aromatic nitrogens is 12. The van der Waals surface area contributed by atoms with Crippen LogP contribution in [0.3, 0.4) is 0 Å². The smallest absolute Gasteiger partial charge is 0.248 e. The van der Waals surface area contributed by atoms with E-state index in [2.05, 4.69) is 59.8 Å². The zero-order chi connectivity index (χ0) is 37.6. The molecule has 0 aliphatic rings. The molecule has 9 rings (SSSR count). The molecule has 0 atom stereocenters. The molecular formula is C36H26FN15O2. The first kappa shape index (κ1) is 34.3. The second kappa shape index (κ2) is 15.0. The van der Waals surface area contributed by atoms with Gasteiger partial charge in [-0.05, 0) is 54.6 Å². The highest BCUT2D eigenvalue weighted by molar-refractivity contribution is 5.87. The number of fused-ring (bicyclic) bond motifs is 3. The van der Waals surface area contributed by atoms with Gasteiger partial charge in [0.05, 0.1) is 33.6 Å². The van der Waals surface area contributed by atoms with Crippen molar-refractivity contribution in [2.75, 3.05) is 17.2 Å². The molecular weight excluding hydrogens is 693 g/mol. The van der Waals surface area contributed by atoms with Gasteiger partial charge >= 0.3 is 0 Å². The van der Waals surface area contributed by atoms with E-state index in [1.807, 2.05) is 0 Å². The zero-order valence-electron chi connectivity index (χ0n) is 27.8. The van der Waals surface area contributed by atoms with Crippen molar-refractivity contribution >= 4 is 50.6 Å². The van der Waals surface area contributed by atoms with Crippen molar-refractivity contribution in [1.82, 2.24) is 59.8 Å². The summed E-state index contributed by atoms with van der Waals surface area (Å²) in [5, 5.41) is 0. The molecule has 9 aromatic heterocycles. The summed E-state index contributed by atoms with van der Waals surface area (Å²) < 4.78 is 13.1. The molecule has 0 fully saturated rings. The number of nitrogen functional groups attached to an aromatic ring is 3. The van der Waals surface area contributed by atoms with Gasteiger partial charge in [-0.2, -0.15) is 4.39 Å². The lowest BCUT2D eigenvalue weighted by Gasteiger charge is -2.03. The second-order valence-electron chi connectivity index (χ2n) is 11.2. The third-order valence-corrected chi connectivity index (χ3v) is 7.69. The number of halogens is 1. The lowest BCUT2D eigenvalue weighted by molar-refractivity contribution is 0.584. The molecule has 9 heterocycles. The van der Waals surface area contributed by atoms with Crippen LogP contribution < -0.4 is 28.3 Å². The molecule has 0 unspecified atom stereocenters. The molecule has 0 aromatic carbocycles. The SMILES string of the molecule is Nc1ncnc2ccc(-c3cc[nH]c(=O)c3)nc12.Nc1ncnc2ccc(-c3cc[nH]c(=O)c3)nc12.Nc1ncnc2ccc(-c3ccnc(F)c3)nc12. The predicted octanol–water partition coefficient (Wildman–Crippen LogP) is 3.73. The average Bonchev–Trinajstić information content (AvgIpc) is 3.19. The van der Waals surface area contributed by atoms with Gasteiger partial charge in [-0.1, -0.05) is 0 Å². The van der Waals surface area contributed by atoms with Crippen LogP contribution in [0.25, 0.3) is 66.9 Å². The highest BCUT2D eigenvalue weighted by Gasteiger charge is 2.08. The fourth-order valence-electron chi connectivity index (χ4n) is 5.13. The number of anilines is 3. The molecule has 0 radical (unpaired) electrons. The second-order valence-corrected chi connectivity index (χ2v) is 11.2. The largest absolute Gasteiger partial charge is 0.382 e. The van der Waals surface area contributed by atoms with Crippen LogP contribution >= 0.6 is 0 Å². The first-order chi connectivity index (χ1) is 26.2. The maximum absolute atomic E-state index is 13.1. The minimum absolute atomic E-state index is 0.174. The van der Waals surface area contributed by atoms with Crippen molar-refractivity contribution < 1.29 is 4.39 Å². The summed E-state index contributed by atoms with van der Waals surface area (Å²) in [7, 11) is 0. The van der Waals surface area contributed by atoms with Gasteiger partial charge in [0.2, 0.25) is 17.1 Å². The Morgan fingerprint density at radius 2 is 0.852 bits per heavy atom. The normalized spacial score (nSPS) is 10.7. The van der Waals surface area contributed by atoms with Gasteiger partial charge in [-0.3, -0.25) is 9.59 Å². The van der Waals surface area contributed by atoms with Crippen molar-refractivity contribution in [3.8, 4) is 33.8 Å². The van der Waals surface area contributed by atoms with Gasteiger partial charge in [0.25, 0.3) is 0 Å². The summed E-state index contributed by atoms with van der Waals surface area (Å²) in [4.78, 5) is 68.1. The quantitative estimate of drug-likeness (QED) is 0.163. The van der Waals surface area contributed by atoms with Crippen LogP contribution in [-0.2, 0) is 0 Å². The molecule has 0 spiro atoms. The van der Waals surface area contributed by atoms with E-state index < -0.39 is 5.95 Å². The van der Waals surface area contributed by atoms with E-state index >= 15 is 0 Å². The Labute approximate surface area is 302 Å². The van der Waals surface area contributed by atoms with Gasteiger partial charge < -0.3 is 27.2 Å². The van der Waals surface area contributed by atoms with E-state index in [1.165, 1.54) is 43.4 Å². The summed E-state index contributed by atoms with van der Waals surface area (Å²) in [6, 6.07) is 20.2. The third-order valence-electron chi connectivity index (χ3n) is 7.69. The zero-order valence-corrected chi connectivity index (χ0v) is 27.8. The van der Waals surface area contributed by atoms with Gasteiger partial charge in [0.15, 0.2) is 17.5 Å². The van der Waals surface area contributed by atoms with Crippen molar-refractivity contribution in [2.24, 2.45) is 0 Å². The van der Waals surface area contributed by atoms with Crippen LogP contribution in [0.1, 0.15) is 0 Å². The molecule has 54 heavy (non-hydrogen) atoms. The van der Waals surface area contributed by atoms with Crippen LogP contribution in [0.4, 0.5) is 21.8 Å². The molecule has 0 aliphatic heterocycles. The molecule has 0 amide bonds. The third kappa shape index (κ3) is 7.61. The molecule has 264 valence electrons. The molecule has 8 N–H and O–H groups in total. The van der Waals surface area contributed by atoms with E-state index in [-0.39, 0.29) is 11.1 Å². The van der Waals surface area contributed by atoms with Crippen LogP contribution in [0, 0.1) is 5.95 Å². The molecule has 17 nitrogen and oxygen atoms in total. The summed E-state index contributed by atoms with van der Waals surface area (Å²) in [6.45, 7) is 0. The van der Waals surface area contributed by atoms with E-state index in [1.54, 1.807) is 67.0 Å². The molecule has 0 saturated carbocycles. The van der Waals surface area contributed by atoms with E-state index in [0.29, 0.717) is 73.2 Å². The number of pyridine rings is 6. The standard InChI is InChI=1S/C12H8FN5.2C12H9N5O/c13-10-5-7(3-4-15-10)8-1-2-9-11(18-8)12(14)17-6-16-9;2*13-12-11-9(15-6-16-12)2-1-8(17-11)7-3-4-14-10(18)5-7/h1-6H,(H2,14,16,17);2*1-6H,(H,14,18)(H2,13,15,16). The van der Waals surface area contributed by atoms with Crippen molar-refractivity contribution in [3.63, 3.8) is 0 Å². The Kier molecular flexibility index (Phi) is 9.52. The number of nitrogens with zero attached hydrogens (tertiary/aromatic N) is 10. The van der Waals surface area contributed by atoms with E-state index in [0.717, 1.165) is 11.1 Å². The minimum Gasteiger partial charge on any atom is -0.382 e. The molecule has 18 heteroatoms. The predicted molar refractivity (Wildman–Crippen MR) is 201 cm³/mol. The highest BCUT2D eigenvalue weighted by Crippen LogP contribution is 2.23. The topological polar surface area (TPSA) is 273 Å². The van der Waals surface area contributed by atoms with Gasteiger partial charge in [-0.15, -0.1) is 0 Å². The fourth-order valence-corrected chi connectivity index (χ4v) is 5.13. The summed E-state index contributed by atoms with van der Waals surface area (Å²) >= 11 is 0. The monoisotopic (exact) mass is 719 g/mol. The maximum Gasteiger partial charge on any atom is 0.248 e. The first-order valence-electron chi connectivity index (χ1n) is 15.8. The minimum atomic E-state index is -0.549. The van der Waals surface area contributed by atoms with Crippen molar-refractivity contribution in [1.29, 1.82) is 0 Å². The number of aromatic amines is 2. The molecule has 0 saturated heterocycles. The van der Waals surface area contributed by atoms with Crippen LogP contribution in [-0.4, -0.2) is 59.8 Å². The summed E-state index contributed by atoms with van der Waals surface area (Å²) in [5.74, 6) is 0.404. The van der Waals surface area contributed by atoms with E-state index in [4.69, 9.17) is 17.2 Å². The Bertz CT molecular complexity index is 2790. The molecule has 0 aliphatic carbocycles. The first-order valence-corrected chi connectivity index (χ1v) is 15.8. The maximum atomic E-state index is 13.1. The summed E-state index contributed by atoms with van der Waals surface area (Å²) in [6.07, 6.45) is 8.72. The number of nitrogens with two attached hydrogens (primary N) is 3. The molecule has 0 bridgehead atoms. The lowest BCUT2D eigenvalue weighted by Crippen LogP contribution is -2.03. The van der Waals surface area contributed by atoms with Crippen LogP contribution in [0.5, 0.6) is 0 Å². The number of hydrogen-bond acceptors (Lipinski definition) is 15. The number of nitrogens with one attached hydrogen (secondary N) is 2. The number of H-pyrrole nitrogens is 2. The number of hydrogen-bond donors (Lipinski definition) is 5. The fraction of sp³-hybridized carbons (Fsp3) is 0. The Morgan fingerprint density at radius 3 is 1.22 bits per heavy atom. The van der Waals surface area contributed by atoms with Gasteiger partial charge in [-0.25, -0.2) is 49.8 Å². The molecule has 9 aromatic rings. The Hall–Kier alpha value is -8.15. The number of rotatable bonds is 3. The Morgan fingerprint density at radius 1 is 0.463 bits per heavy atom. The summed E-state index contributed by atoms with van der Waals surface area (Å²) in [5.41, 5.74) is 24.5.